The molecular weight excluding hydrogens is 931 g/mol. The van der Waals surface area contributed by atoms with Crippen molar-refractivity contribution in [3.05, 3.63) is 234 Å². The fraction of sp³-hybridized carbons (Fsp3) is 0.0328. The molecule has 0 fully saturated rings. The fourth-order valence-electron chi connectivity index (χ4n) is 9.37. The minimum atomic E-state index is -4.91. The van der Waals surface area contributed by atoms with Crippen LogP contribution in [-0.2, 0) is 12.4 Å². The Morgan fingerprint density at radius 3 is 1.23 bits per heavy atom. The van der Waals surface area contributed by atoms with Gasteiger partial charge in [0.1, 0.15) is 0 Å². The predicted molar refractivity (Wildman–Crippen MR) is 273 cm³/mol. The number of nitriles is 1. The minimum absolute atomic E-state index is 0.0129. The molecule has 11 aromatic rings. The quantitative estimate of drug-likeness (QED) is 0.112. The lowest BCUT2D eigenvalue weighted by atomic mass is 9.88. The first-order chi connectivity index (χ1) is 35.4. The van der Waals surface area contributed by atoms with Gasteiger partial charge < -0.3 is 4.57 Å². The zero-order chi connectivity index (χ0) is 50.4. The molecule has 0 radical (unpaired) electrons. The third-order valence-corrected chi connectivity index (χ3v) is 12.8. The zero-order valence-corrected chi connectivity index (χ0v) is 38.1. The maximum absolute atomic E-state index is 15.5. The number of fused-ring (bicyclic) bond motifs is 3. The predicted octanol–water partition coefficient (Wildman–Crippen LogP) is 17.1. The highest BCUT2D eigenvalue weighted by molar-refractivity contribution is 6.13. The van der Waals surface area contributed by atoms with Crippen molar-refractivity contribution in [3.8, 4) is 90.4 Å². The molecule has 0 atom stereocenters. The van der Waals surface area contributed by atoms with Crippen molar-refractivity contribution < 1.29 is 26.3 Å². The number of nitrogens with zero attached hydrogens (tertiary/aromatic N) is 6. The monoisotopic (exact) mass is 964 g/mol. The van der Waals surface area contributed by atoms with E-state index in [4.69, 9.17) is 21.5 Å². The standard InChI is InChI=1S/C61H34F6N6/c1-69-45-28-24-39(25-29-45)43-27-31-55-49(33-43)48-32-42(38-22-20-37(36-68)21-23-38)26-30-54(48)73(55)56-50(46-16-8-10-18-52(46)60(62,63)64)34-44(35-51(56)47-17-9-11-19-53(47)61(65,66)67)59-71-57(40-12-4-2-5-13-40)70-58(72-59)41-14-6-3-7-15-41/h2-35H. The van der Waals surface area contributed by atoms with E-state index in [1.807, 2.05) is 97.1 Å². The van der Waals surface area contributed by atoms with Gasteiger partial charge >= 0.3 is 12.4 Å². The molecule has 0 amide bonds. The van der Waals surface area contributed by atoms with Gasteiger partial charge in [-0.2, -0.15) is 31.6 Å². The van der Waals surface area contributed by atoms with Gasteiger partial charge in [0, 0.05) is 38.6 Å². The molecule has 0 bridgehead atoms. The van der Waals surface area contributed by atoms with E-state index in [0.29, 0.717) is 44.2 Å². The second kappa shape index (κ2) is 18.3. The average molecular weight is 965 g/mol. The molecule has 350 valence electrons. The molecule has 2 aromatic heterocycles. The second-order valence-corrected chi connectivity index (χ2v) is 17.2. The van der Waals surface area contributed by atoms with Crippen LogP contribution in [0, 0.1) is 17.9 Å². The van der Waals surface area contributed by atoms with Crippen LogP contribution < -0.4 is 0 Å². The number of benzene rings is 9. The lowest BCUT2D eigenvalue weighted by molar-refractivity contribution is -0.137. The van der Waals surface area contributed by atoms with E-state index < -0.39 is 23.5 Å². The van der Waals surface area contributed by atoms with Gasteiger partial charge in [-0.05, 0) is 94.0 Å². The van der Waals surface area contributed by atoms with Crippen LogP contribution in [0.1, 0.15) is 16.7 Å². The van der Waals surface area contributed by atoms with E-state index in [1.54, 1.807) is 53.1 Å². The van der Waals surface area contributed by atoms with Crippen LogP contribution in [0.15, 0.2) is 206 Å². The van der Waals surface area contributed by atoms with Gasteiger partial charge in [0.25, 0.3) is 0 Å². The zero-order valence-electron chi connectivity index (χ0n) is 38.1. The highest BCUT2D eigenvalue weighted by Crippen LogP contribution is 2.49. The van der Waals surface area contributed by atoms with Crippen LogP contribution in [0.2, 0.25) is 0 Å². The van der Waals surface area contributed by atoms with E-state index in [9.17, 15) is 5.26 Å². The fourth-order valence-corrected chi connectivity index (χ4v) is 9.37. The summed E-state index contributed by atoms with van der Waals surface area (Å²) in [5.74, 6) is 0.491. The third-order valence-electron chi connectivity index (χ3n) is 12.8. The van der Waals surface area contributed by atoms with Crippen LogP contribution in [0.25, 0.3) is 111 Å². The van der Waals surface area contributed by atoms with Crippen molar-refractivity contribution in [2.75, 3.05) is 0 Å². The van der Waals surface area contributed by atoms with E-state index in [0.717, 1.165) is 34.4 Å². The Labute approximate surface area is 414 Å². The Hall–Kier alpha value is -9.65. The lowest BCUT2D eigenvalue weighted by Gasteiger charge is -2.24. The third kappa shape index (κ3) is 8.62. The highest BCUT2D eigenvalue weighted by Gasteiger charge is 2.37. The molecule has 0 aliphatic carbocycles. The summed E-state index contributed by atoms with van der Waals surface area (Å²) in [5, 5.41) is 10.8. The molecule has 12 heteroatoms. The average Bonchev–Trinajstić information content (AvgIpc) is 3.75. The summed E-state index contributed by atoms with van der Waals surface area (Å²) in [6.07, 6.45) is -9.81. The number of rotatable bonds is 8. The molecule has 73 heavy (non-hydrogen) atoms. The number of aromatic nitrogens is 4. The highest BCUT2D eigenvalue weighted by atomic mass is 19.4. The van der Waals surface area contributed by atoms with Crippen LogP contribution in [0.3, 0.4) is 0 Å². The Morgan fingerprint density at radius 2 is 0.808 bits per heavy atom. The molecule has 0 aliphatic rings. The summed E-state index contributed by atoms with van der Waals surface area (Å²) in [4.78, 5) is 18.1. The Bertz CT molecular complexity index is 3750. The van der Waals surface area contributed by atoms with Gasteiger partial charge in [-0.25, -0.2) is 19.8 Å². The summed E-state index contributed by atoms with van der Waals surface area (Å²) in [6, 6.07) is 58.6. The largest absolute Gasteiger partial charge is 0.417 e. The maximum atomic E-state index is 15.5. The summed E-state index contributed by atoms with van der Waals surface area (Å²) in [7, 11) is 0. The smallest absolute Gasteiger partial charge is 0.308 e. The van der Waals surface area contributed by atoms with Crippen molar-refractivity contribution >= 4 is 27.5 Å². The van der Waals surface area contributed by atoms with Crippen molar-refractivity contribution in [2.24, 2.45) is 0 Å². The number of hydrogen-bond donors (Lipinski definition) is 0. The summed E-state index contributed by atoms with van der Waals surface area (Å²) in [6.45, 7) is 7.49. The van der Waals surface area contributed by atoms with Gasteiger partial charge in [-0.15, -0.1) is 0 Å². The van der Waals surface area contributed by atoms with Gasteiger partial charge in [0.15, 0.2) is 23.2 Å². The van der Waals surface area contributed by atoms with E-state index >= 15 is 26.3 Å². The van der Waals surface area contributed by atoms with Crippen LogP contribution in [-0.4, -0.2) is 19.5 Å². The summed E-state index contributed by atoms with van der Waals surface area (Å²) >= 11 is 0. The molecule has 6 nitrogen and oxygen atoms in total. The first-order valence-electron chi connectivity index (χ1n) is 22.8. The van der Waals surface area contributed by atoms with Gasteiger partial charge in [0.2, 0.25) is 0 Å². The Balaban J connectivity index is 1.30. The topological polar surface area (TPSA) is 71.8 Å². The summed E-state index contributed by atoms with van der Waals surface area (Å²) in [5.41, 5.74) is 3.62. The van der Waals surface area contributed by atoms with Crippen LogP contribution in [0.5, 0.6) is 0 Å². The minimum Gasteiger partial charge on any atom is -0.308 e. The second-order valence-electron chi connectivity index (χ2n) is 17.2. The van der Waals surface area contributed by atoms with Crippen molar-refractivity contribution in [2.45, 2.75) is 12.4 Å². The van der Waals surface area contributed by atoms with E-state index in [-0.39, 0.29) is 51.0 Å². The Kier molecular flexibility index (Phi) is 11.5. The Morgan fingerprint density at radius 1 is 0.411 bits per heavy atom. The number of halogens is 6. The normalized spacial score (nSPS) is 11.7. The number of alkyl halides is 6. The SMILES string of the molecule is [C-]#[N+]c1ccc(-c2ccc3c(c2)c2cc(-c4ccc(C#N)cc4)ccc2n3-c2c(-c3ccccc3C(F)(F)F)cc(-c3nc(-c4ccccc4)nc(-c4ccccc4)n3)cc2-c2ccccc2C(F)(F)F)cc1. The molecule has 0 unspecified atom stereocenters. The molecule has 0 saturated heterocycles. The van der Waals surface area contributed by atoms with Gasteiger partial charge in [0.05, 0.1) is 46.1 Å². The molecule has 9 aromatic carbocycles. The first-order valence-corrected chi connectivity index (χ1v) is 22.8. The van der Waals surface area contributed by atoms with Crippen LogP contribution in [0.4, 0.5) is 32.0 Å². The number of hydrogen-bond acceptors (Lipinski definition) is 4. The lowest BCUT2D eigenvalue weighted by Crippen LogP contribution is -2.11. The van der Waals surface area contributed by atoms with Gasteiger partial charge in [-0.3, -0.25) is 0 Å². The molecule has 0 saturated carbocycles. The van der Waals surface area contributed by atoms with Crippen molar-refractivity contribution in [3.63, 3.8) is 0 Å². The van der Waals surface area contributed by atoms with Crippen LogP contribution >= 0.6 is 0 Å². The van der Waals surface area contributed by atoms with Gasteiger partial charge in [-0.1, -0.05) is 146 Å². The van der Waals surface area contributed by atoms with Crippen molar-refractivity contribution in [1.82, 2.24) is 19.5 Å². The molecule has 0 aliphatic heterocycles. The molecule has 11 rings (SSSR count). The molecule has 0 N–H and O–H groups in total. The maximum Gasteiger partial charge on any atom is 0.417 e. The van der Waals surface area contributed by atoms with E-state index in [1.165, 1.54) is 48.5 Å². The summed E-state index contributed by atoms with van der Waals surface area (Å²) < 4.78 is 95.0. The van der Waals surface area contributed by atoms with E-state index in [2.05, 4.69) is 10.9 Å². The van der Waals surface area contributed by atoms with Crippen molar-refractivity contribution in [1.29, 1.82) is 5.26 Å². The molecular formula is C61H34F6N6. The first kappa shape index (κ1) is 45.8. The molecule has 2 heterocycles. The molecule has 0 spiro atoms.